The molecular formula is C27H24N2O. The van der Waals surface area contributed by atoms with E-state index in [1.807, 2.05) is 36.4 Å². The molecule has 0 fully saturated rings. The molecule has 1 aliphatic heterocycles. The Bertz CT molecular complexity index is 1250. The summed E-state index contributed by atoms with van der Waals surface area (Å²) < 4.78 is 6.15. The SMILES string of the molecule is Cc1nc2ccc(Oc3ccccc3)cc2c2c1CCN2[C@@H]1CCc2ccccc21. The molecule has 3 aromatic carbocycles. The van der Waals surface area contributed by atoms with Crippen LogP contribution in [0.2, 0.25) is 0 Å². The summed E-state index contributed by atoms with van der Waals surface area (Å²) in [5.74, 6) is 1.72. The molecule has 0 N–H and O–H groups in total. The molecule has 3 heteroatoms. The molecule has 0 amide bonds. The van der Waals surface area contributed by atoms with Gasteiger partial charge in [0, 0.05) is 17.6 Å². The van der Waals surface area contributed by atoms with Gasteiger partial charge in [0.25, 0.3) is 0 Å². The van der Waals surface area contributed by atoms with Gasteiger partial charge in [-0.15, -0.1) is 0 Å². The normalized spacial score (nSPS) is 17.2. The van der Waals surface area contributed by atoms with Crippen LogP contribution in [0, 0.1) is 6.92 Å². The Balaban J connectivity index is 1.47. The van der Waals surface area contributed by atoms with Gasteiger partial charge in [-0.1, -0.05) is 42.5 Å². The summed E-state index contributed by atoms with van der Waals surface area (Å²) in [6, 6.07) is 25.7. The predicted molar refractivity (Wildman–Crippen MR) is 122 cm³/mol. The molecule has 30 heavy (non-hydrogen) atoms. The van der Waals surface area contributed by atoms with Gasteiger partial charge in [-0.2, -0.15) is 0 Å². The third kappa shape index (κ3) is 2.77. The van der Waals surface area contributed by atoms with Crippen LogP contribution in [0.15, 0.2) is 72.8 Å². The van der Waals surface area contributed by atoms with Crippen molar-refractivity contribution in [2.45, 2.75) is 32.2 Å². The summed E-state index contributed by atoms with van der Waals surface area (Å²) in [6.45, 7) is 3.21. The van der Waals surface area contributed by atoms with Gasteiger partial charge in [-0.25, -0.2) is 0 Å². The Morgan fingerprint density at radius 2 is 1.73 bits per heavy atom. The van der Waals surface area contributed by atoms with Gasteiger partial charge in [0.1, 0.15) is 11.5 Å². The molecule has 3 nitrogen and oxygen atoms in total. The van der Waals surface area contributed by atoms with Crippen molar-refractivity contribution in [1.29, 1.82) is 0 Å². The lowest BCUT2D eigenvalue weighted by atomic mass is 10.0. The standard InChI is InChI=1S/C27H24N2O/c1-18-22-15-16-29(26-14-11-19-7-5-6-10-23(19)26)27(22)24-17-21(12-13-25(24)28-18)30-20-8-3-2-4-9-20/h2-10,12-13,17,26H,11,14-16H2,1H3/t26-/m1/s1. The lowest BCUT2D eigenvalue weighted by Gasteiger charge is -2.29. The Morgan fingerprint density at radius 1 is 0.900 bits per heavy atom. The molecule has 2 aliphatic rings. The molecule has 0 saturated carbocycles. The first-order chi connectivity index (χ1) is 14.8. The summed E-state index contributed by atoms with van der Waals surface area (Å²) in [5, 5.41) is 1.20. The fraction of sp³-hybridized carbons (Fsp3) is 0.222. The van der Waals surface area contributed by atoms with Gasteiger partial charge in [-0.3, -0.25) is 4.98 Å². The van der Waals surface area contributed by atoms with Crippen LogP contribution in [0.25, 0.3) is 10.9 Å². The minimum absolute atomic E-state index is 0.450. The Morgan fingerprint density at radius 3 is 2.63 bits per heavy atom. The van der Waals surface area contributed by atoms with Crippen LogP contribution in [0.5, 0.6) is 11.5 Å². The Hall–Kier alpha value is -3.33. The Kier molecular flexibility index (Phi) is 4.02. The number of fused-ring (bicyclic) bond motifs is 4. The topological polar surface area (TPSA) is 25.4 Å². The van der Waals surface area contributed by atoms with Crippen molar-refractivity contribution in [3.05, 3.63) is 95.2 Å². The highest BCUT2D eigenvalue weighted by atomic mass is 16.5. The van der Waals surface area contributed by atoms with Crippen molar-refractivity contribution in [3.63, 3.8) is 0 Å². The highest BCUT2D eigenvalue weighted by molar-refractivity contribution is 5.96. The van der Waals surface area contributed by atoms with E-state index in [-0.39, 0.29) is 0 Å². The first-order valence-corrected chi connectivity index (χ1v) is 10.8. The average Bonchev–Trinajstić information content (AvgIpc) is 3.40. The molecule has 6 rings (SSSR count). The quantitative estimate of drug-likeness (QED) is 0.404. The average molecular weight is 393 g/mol. The number of nitrogens with zero attached hydrogens (tertiary/aromatic N) is 2. The first-order valence-electron chi connectivity index (χ1n) is 10.8. The van der Waals surface area contributed by atoms with E-state index in [0.29, 0.717) is 6.04 Å². The molecule has 148 valence electrons. The molecule has 0 saturated heterocycles. The lowest BCUT2D eigenvalue weighted by molar-refractivity contribution is 0.483. The highest BCUT2D eigenvalue weighted by Gasteiger charge is 2.34. The van der Waals surface area contributed by atoms with Crippen molar-refractivity contribution in [2.75, 3.05) is 11.4 Å². The van der Waals surface area contributed by atoms with Crippen LogP contribution in [-0.2, 0) is 12.8 Å². The van der Waals surface area contributed by atoms with Crippen molar-refractivity contribution in [1.82, 2.24) is 4.98 Å². The van der Waals surface area contributed by atoms with E-state index >= 15 is 0 Å². The summed E-state index contributed by atoms with van der Waals surface area (Å²) in [6.07, 6.45) is 3.41. The molecule has 0 radical (unpaired) electrons. The monoisotopic (exact) mass is 392 g/mol. The Labute approximate surface area is 176 Å². The number of rotatable bonds is 3. The molecule has 1 aromatic heterocycles. The summed E-state index contributed by atoms with van der Waals surface area (Å²) in [7, 11) is 0. The fourth-order valence-electron chi connectivity index (χ4n) is 5.21. The molecule has 0 bridgehead atoms. The smallest absolute Gasteiger partial charge is 0.128 e. The van der Waals surface area contributed by atoms with Gasteiger partial charge < -0.3 is 9.64 Å². The largest absolute Gasteiger partial charge is 0.457 e. The van der Waals surface area contributed by atoms with Gasteiger partial charge in [0.2, 0.25) is 0 Å². The number of ether oxygens (including phenoxy) is 1. The zero-order chi connectivity index (χ0) is 20.1. The third-order valence-corrected chi connectivity index (χ3v) is 6.58. The van der Waals surface area contributed by atoms with Gasteiger partial charge in [0.05, 0.1) is 17.2 Å². The summed E-state index contributed by atoms with van der Waals surface area (Å²) >= 11 is 0. The van der Waals surface area contributed by atoms with Crippen LogP contribution < -0.4 is 9.64 Å². The molecule has 0 unspecified atom stereocenters. The minimum Gasteiger partial charge on any atom is -0.457 e. The zero-order valence-electron chi connectivity index (χ0n) is 17.1. The fourth-order valence-corrected chi connectivity index (χ4v) is 5.21. The van der Waals surface area contributed by atoms with E-state index < -0.39 is 0 Å². The number of hydrogen-bond donors (Lipinski definition) is 0. The molecule has 1 aliphatic carbocycles. The summed E-state index contributed by atoms with van der Waals surface area (Å²) in [4.78, 5) is 7.55. The molecule has 4 aromatic rings. The van der Waals surface area contributed by atoms with Gasteiger partial charge in [0.15, 0.2) is 0 Å². The number of para-hydroxylation sites is 1. The number of pyridine rings is 1. The lowest BCUT2D eigenvalue weighted by Crippen LogP contribution is -2.25. The summed E-state index contributed by atoms with van der Waals surface area (Å²) in [5.41, 5.74) is 7.94. The van der Waals surface area contributed by atoms with E-state index in [2.05, 4.69) is 48.2 Å². The number of benzene rings is 3. The van der Waals surface area contributed by atoms with Crippen molar-refractivity contribution in [2.24, 2.45) is 0 Å². The van der Waals surface area contributed by atoms with Crippen LogP contribution in [0.4, 0.5) is 5.69 Å². The maximum absolute atomic E-state index is 6.15. The second-order valence-corrected chi connectivity index (χ2v) is 8.32. The maximum Gasteiger partial charge on any atom is 0.128 e. The van der Waals surface area contributed by atoms with Crippen LogP contribution in [0.1, 0.15) is 34.8 Å². The number of aromatic nitrogens is 1. The maximum atomic E-state index is 6.15. The van der Waals surface area contributed by atoms with E-state index in [9.17, 15) is 0 Å². The van der Waals surface area contributed by atoms with E-state index in [0.717, 1.165) is 42.1 Å². The number of aryl methyl sites for hydroxylation is 2. The van der Waals surface area contributed by atoms with Crippen LogP contribution >= 0.6 is 0 Å². The van der Waals surface area contributed by atoms with Gasteiger partial charge in [-0.05, 0) is 73.2 Å². The highest BCUT2D eigenvalue weighted by Crippen LogP contribution is 2.46. The molecule has 2 heterocycles. The first kappa shape index (κ1) is 17.5. The van der Waals surface area contributed by atoms with Crippen molar-refractivity contribution >= 4 is 16.6 Å². The second-order valence-electron chi connectivity index (χ2n) is 8.32. The van der Waals surface area contributed by atoms with Gasteiger partial charge >= 0.3 is 0 Å². The van der Waals surface area contributed by atoms with Crippen molar-refractivity contribution < 1.29 is 4.74 Å². The van der Waals surface area contributed by atoms with Crippen LogP contribution in [0.3, 0.4) is 0 Å². The predicted octanol–water partition coefficient (Wildman–Crippen LogP) is 6.39. The van der Waals surface area contributed by atoms with E-state index in [1.165, 1.54) is 34.2 Å². The number of anilines is 1. The minimum atomic E-state index is 0.450. The number of hydrogen-bond acceptors (Lipinski definition) is 3. The molecular weight excluding hydrogens is 368 g/mol. The second kappa shape index (κ2) is 6.88. The van der Waals surface area contributed by atoms with E-state index in [4.69, 9.17) is 9.72 Å². The molecule has 0 spiro atoms. The molecule has 1 atom stereocenters. The van der Waals surface area contributed by atoms with Crippen molar-refractivity contribution in [3.8, 4) is 11.5 Å². The zero-order valence-corrected chi connectivity index (χ0v) is 17.1. The van der Waals surface area contributed by atoms with Crippen LogP contribution in [-0.4, -0.2) is 11.5 Å². The third-order valence-electron chi connectivity index (χ3n) is 6.58. The van der Waals surface area contributed by atoms with E-state index in [1.54, 1.807) is 0 Å².